The number of urea groups is 1. The van der Waals surface area contributed by atoms with Crippen molar-refractivity contribution in [3.8, 4) is 0 Å². The van der Waals surface area contributed by atoms with Gasteiger partial charge in [-0.25, -0.2) is 4.79 Å². The van der Waals surface area contributed by atoms with Crippen LogP contribution in [0.4, 0.5) is 4.79 Å². The first-order chi connectivity index (χ1) is 10.0. The molecule has 2 aliphatic rings. The van der Waals surface area contributed by atoms with Crippen molar-refractivity contribution in [2.75, 3.05) is 40.4 Å². The van der Waals surface area contributed by atoms with Crippen LogP contribution in [-0.2, 0) is 14.3 Å². The lowest BCUT2D eigenvalue weighted by Gasteiger charge is -2.24. The Morgan fingerprint density at radius 1 is 1.10 bits per heavy atom. The zero-order chi connectivity index (χ0) is 15.4. The van der Waals surface area contributed by atoms with Gasteiger partial charge in [0.25, 0.3) is 0 Å². The molecule has 0 aromatic carbocycles. The predicted molar refractivity (Wildman–Crippen MR) is 75.1 cm³/mol. The van der Waals surface area contributed by atoms with Crippen LogP contribution in [0.5, 0.6) is 0 Å². The van der Waals surface area contributed by atoms with E-state index in [0.29, 0.717) is 38.5 Å². The summed E-state index contributed by atoms with van der Waals surface area (Å²) in [5.41, 5.74) is 0. The molecule has 3 atom stereocenters. The maximum absolute atomic E-state index is 12.5. The molecule has 0 aromatic rings. The number of carboxylic acids is 1. The molecular weight excluding hydrogens is 276 g/mol. The molecule has 1 N–H and O–H groups in total. The van der Waals surface area contributed by atoms with Crippen LogP contribution in [0.25, 0.3) is 0 Å². The fourth-order valence-electron chi connectivity index (χ4n) is 3.12. The summed E-state index contributed by atoms with van der Waals surface area (Å²) in [6, 6.07) is 0.00873. The van der Waals surface area contributed by atoms with E-state index in [0.717, 1.165) is 6.42 Å². The van der Waals surface area contributed by atoms with E-state index in [4.69, 9.17) is 14.6 Å². The van der Waals surface area contributed by atoms with Gasteiger partial charge in [-0.15, -0.1) is 0 Å². The summed E-state index contributed by atoms with van der Waals surface area (Å²) < 4.78 is 10.7. The third-order valence-corrected chi connectivity index (χ3v) is 4.41. The highest BCUT2D eigenvalue weighted by atomic mass is 16.5. The van der Waals surface area contributed by atoms with Crippen molar-refractivity contribution < 1.29 is 24.2 Å². The highest BCUT2D eigenvalue weighted by Crippen LogP contribution is 2.24. The Bertz CT molecular complexity index is 378. The number of aliphatic carboxylic acids is 1. The number of likely N-dealkylation sites (tertiary alicyclic amines) is 2. The van der Waals surface area contributed by atoms with Crippen molar-refractivity contribution in [2.45, 2.75) is 31.5 Å². The maximum Gasteiger partial charge on any atom is 0.320 e. The molecule has 0 bridgehead atoms. The molecule has 2 heterocycles. The lowest BCUT2D eigenvalue weighted by molar-refractivity contribution is -0.137. The minimum atomic E-state index is -0.773. The maximum atomic E-state index is 12.5. The Morgan fingerprint density at radius 3 is 2.24 bits per heavy atom. The van der Waals surface area contributed by atoms with E-state index >= 15 is 0 Å². The molecular formula is C14H24N2O5. The van der Waals surface area contributed by atoms with E-state index in [-0.39, 0.29) is 24.7 Å². The smallest absolute Gasteiger partial charge is 0.320 e. The first kappa shape index (κ1) is 16.0. The van der Waals surface area contributed by atoms with Gasteiger partial charge in [0, 0.05) is 33.7 Å². The third kappa shape index (κ3) is 3.85. The zero-order valence-corrected chi connectivity index (χ0v) is 12.7. The number of ether oxygens (including phenoxy) is 2. The molecule has 0 radical (unpaired) electrons. The van der Waals surface area contributed by atoms with Crippen molar-refractivity contribution in [3.05, 3.63) is 0 Å². The lowest BCUT2D eigenvalue weighted by Crippen LogP contribution is -2.41. The summed E-state index contributed by atoms with van der Waals surface area (Å²) in [6.07, 6.45) is 1.54. The van der Waals surface area contributed by atoms with Crippen molar-refractivity contribution in [1.82, 2.24) is 9.80 Å². The first-order valence-electron chi connectivity index (χ1n) is 7.36. The van der Waals surface area contributed by atoms with Gasteiger partial charge in [0.1, 0.15) is 12.2 Å². The van der Waals surface area contributed by atoms with Crippen LogP contribution in [0.15, 0.2) is 0 Å². The summed E-state index contributed by atoms with van der Waals surface area (Å²) in [5, 5.41) is 8.72. The molecule has 3 unspecified atom stereocenters. The van der Waals surface area contributed by atoms with E-state index in [1.807, 2.05) is 4.90 Å². The molecule has 2 saturated heterocycles. The zero-order valence-electron chi connectivity index (χ0n) is 12.7. The summed E-state index contributed by atoms with van der Waals surface area (Å²) >= 11 is 0. The van der Waals surface area contributed by atoms with Crippen LogP contribution >= 0.6 is 0 Å². The Morgan fingerprint density at radius 2 is 1.71 bits per heavy atom. The highest BCUT2D eigenvalue weighted by Gasteiger charge is 2.38. The number of rotatable bonds is 5. The molecule has 0 spiro atoms. The van der Waals surface area contributed by atoms with Crippen molar-refractivity contribution >= 4 is 12.0 Å². The summed E-state index contributed by atoms with van der Waals surface area (Å²) in [7, 11) is 3.25. The van der Waals surface area contributed by atoms with Gasteiger partial charge in [-0.2, -0.15) is 0 Å². The van der Waals surface area contributed by atoms with E-state index in [9.17, 15) is 9.59 Å². The van der Waals surface area contributed by atoms with Crippen molar-refractivity contribution in [1.29, 1.82) is 0 Å². The molecule has 7 nitrogen and oxygen atoms in total. The average molecular weight is 300 g/mol. The molecule has 2 rings (SSSR count). The Balaban J connectivity index is 1.83. The van der Waals surface area contributed by atoms with Gasteiger partial charge in [-0.3, -0.25) is 4.79 Å². The molecule has 0 saturated carbocycles. The molecule has 21 heavy (non-hydrogen) atoms. The minimum absolute atomic E-state index is 0.00873. The summed E-state index contributed by atoms with van der Waals surface area (Å²) in [5.74, 6) is -0.478. The number of carbonyl (C=O) groups excluding carboxylic acids is 1. The molecule has 2 aliphatic heterocycles. The van der Waals surface area contributed by atoms with Crippen LogP contribution in [0.3, 0.4) is 0 Å². The SMILES string of the molecule is COC1CN(C(=O)N2CCC(CCC(=O)O)C2)CC1OC. The molecule has 0 aromatic heterocycles. The topological polar surface area (TPSA) is 79.3 Å². The van der Waals surface area contributed by atoms with Crippen LogP contribution in [-0.4, -0.2) is 79.5 Å². The number of nitrogens with zero attached hydrogens (tertiary/aromatic N) is 2. The van der Waals surface area contributed by atoms with Gasteiger partial charge in [-0.05, 0) is 18.8 Å². The normalized spacial score (nSPS) is 29.1. The fraction of sp³-hybridized carbons (Fsp3) is 0.857. The van der Waals surface area contributed by atoms with Crippen LogP contribution < -0.4 is 0 Å². The predicted octanol–water partition coefficient (Wildman–Crippen LogP) is 0.639. The number of hydrogen-bond donors (Lipinski definition) is 1. The lowest BCUT2D eigenvalue weighted by atomic mass is 10.0. The van der Waals surface area contributed by atoms with Crippen LogP contribution in [0.1, 0.15) is 19.3 Å². The van der Waals surface area contributed by atoms with E-state index in [2.05, 4.69) is 0 Å². The van der Waals surface area contributed by atoms with Crippen LogP contribution in [0, 0.1) is 5.92 Å². The summed E-state index contributed by atoms with van der Waals surface area (Å²) in [6.45, 7) is 2.45. The van der Waals surface area contributed by atoms with E-state index in [1.165, 1.54) is 0 Å². The Hall–Kier alpha value is -1.34. The van der Waals surface area contributed by atoms with E-state index in [1.54, 1.807) is 19.1 Å². The number of carboxylic acid groups (broad SMARTS) is 1. The average Bonchev–Trinajstić information content (AvgIpc) is 3.10. The third-order valence-electron chi connectivity index (χ3n) is 4.41. The molecule has 2 amide bonds. The number of hydrogen-bond acceptors (Lipinski definition) is 4. The molecule has 7 heteroatoms. The molecule has 120 valence electrons. The molecule has 2 fully saturated rings. The van der Waals surface area contributed by atoms with Gasteiger partial charge >= 0.3 is 12.0 Å². The second-order valence-electron chi connectivity index (χ2n) is 5.77. The molecule has 0 aliphatic carbocycles. The quantitative estimate of drug-likeness (QED) is 0.806. The highest BCUT2D eigenvalue weighted by molar-refractivity contribution is 5.75. The summed E-state index contributed by atoms with van der Waals surface area (Å²) in [4.78, 5) is 26.7. The largest absolute Gasteiger partial charge is 0.481 e. The van der Waals surface area contributed by atoms with Crippen molar-refractivity contribution in [2.24, 2.45) is 5.92 Å². The monoisotopic (exact) mass is 300 g/mol. The fourth-order valence-corrected chi connectivity index (χ4v) is 3.12. The van der Waals surface area contributed by atoms with Gasteiger partial charge in [-0.1, -0.05) is 0 Å². The second kappa shape index (κ2) is 7.09. The second-order valence-corrected chi connectivity index (χ2v) is 5.77. The van der Waals surface area contributed by atoms with Gasteiger partial charge < -0.3 is 24.4 Å². The Labute approximate surface area is 124 Å². The standard InChI is InChI=1S/C14H24N2O5/c1-20-11-8-16(9-12(11)21-2)14(19)15-6-5-10(7-15)3-4-13(17)18/h10-12H,3-9H2,1-2H3,(H,17,18). The van der Waals surface area contributed by atoms with Gasteiger partial charge in [0.15, 0.2) is 0 Å². The van der Waals surface area contributed by atoms with E-state index < -0.39 is 5.97 Å². The number of amides is 2. The minimum Gasteiger partial charge on any atom is -0.481 e. The van der Waals surface area contributed by atoms with Gasteiger partial charge in [0.2, 0.25) is 0 Å². The first-order valence-corrected chi connectivity index (χ1v) is 7.36. The van der Waals surface area contributed by atoms with Crippen LogP contribution in [0.2, 0.25) is 0 Å². The Kier molecular flexibility index (Phi) is 5.41. The number of carbonyl (C=O) groups is 2. The number of methoxy groups -OCH3 is 2. The van der Waals surface area contributed by atoms with Crippen molar-refractivity contribution in [3.63, 3.8) is 0 Å². The van der Waals surface area contributed by atoms with Gasteiger partial charge in [0.05, 0.1) is 13.1 Å².